The van der Waals surface area contributed by atoms with Crippen molar-refractivity contribution in [3.63, 3.8) is 0 Å². The molecule has 0 fully saturated rings. The minimum absolute atomic E-state index is 0.161. The molecule has 0 bridgehead atoms. The lowest BCUT2D eigenvalue weighted by atomic mass is 10.4. The Labute approximate surface area is 74.3 Å². The third-order valence-electron chi connectivity index (χ3n) is 1.76. The highest BCUT2D eigenvalue weighted by atomic mass is 16.2. The van der Waals surface area contributed by atoms with E-state index in [0.29, 0.717) is 0 Å². The van der Waals surface area contributed by atoms with Gasteiger partial charge in [0.2, 0.25) is 0 Å². The maximum Gasteiger partial charge on any atom is 0.350 e. The molecule has 0 aliphatic rings. The van der Waals surface area contributed by atoms with Gasteiger partial charge < -0.3 is 0 Å². The molecule has 5 nitrogen and oxygen atoms in total. The summed E-state index contributed by atoms with van der Waals surface area (Å²) in [6, 6.07) is 3.51. The summed E-state index contributed by atoms with van der Waals surface area (Å²) < 4.78 is 2.74. The van der Waals surface area contributed by atoms with Crippen LogP contribution in [0.2, 0.25) is 0 Å². The highest BCUT2D eigenvalue weighted by molar-refractivity contribution is 5.27. The zero-order valence-electron chi connectivity index (χ0n) is 7.08. The molecular weight excluding hydrogens is 168 g/mol. The third-order valence-corrected chi connectivity index (χ3v) is 1.76. The summed E-state index contributed by atoms with van der Waals surface area (Å²) in [5, 5.41) is 3.84. The number of hydrogen-bond donors (Lipinski definition) is 0. The number of nitrogens with zero attached hydrogens (tertiary/aromatic N) is 4. The quantitative estimate of drug-likeness (QED) is 0.613. The molecule has 0 aliphatic carbocycles. The summed E-state index contributed by atoms with van der Waals surface area (Å²) in [6.45, 7) is 0. The van der Waals surface area contributed by atoms with Gasteiger partial charge in [-0.15, -0.1) is 0 Å². The van der Waals surface area contributed by atoms with Gasteiger partial charge in [-0.1, -0.05) is 0 Å². The first-order valence-electron chi connectivity index (χ1n) is 3.80. The van der Waals surface area contributed by atoms with Crippen LogP contribution >= 0.6 is 0 Å². The summed E-state index contributed by atoms with van der Waals surface area (Å²) in [5.41, 5.74) is 0.610. The summed E-state index contributed by atoms with van der Waals surface area (Å²) in [4.78, 5) is 15.3. The van der Waals surface area contributed by atoms with Crippen molar-refractivity contribution in [3.8, 4) is 5.69 Å². The Hall–Kier alpha value is -1.91. The maximum atomic E-state index is 11.4. The highest BCUT2D eigenvalue weighted by Crippen LogP contribution is 1.99. The SMILES string of the molecule is Cn1ncn(-c2ccncc2)c1=O. The van der Waals surface area contributed by atoms with Gasteiger partial charge in [0.15, 0.2) is 0 Å². The lowest BCUT2D eigenvalue weighted by Gasteiger charge is -1.96. The average molecular weight is 176 g/mol. The van der Waals surface area contributed by atoms with Crippen LogP contribution < -0.4 is 5.69 Å². The van der Waals surface area contributed by atoms with Crippen molar-refractivity contribution in [2.24, 2.45) is 7.05 Å². The van der Waals surface area contributed by atoms with Crippen molar-refractivity contribution in [1.82, 2.24) is 19.3 Å². The van der Waals surface area contributed by atoms with E-state index in [2.05, 4.69) is 10.1 Å². The molecule has 0 N–H and O–H groups in total. The van der Waals surface area contributed by atoms with Gasteiger partial charge in [-0.25, -0.2) is 14.0 Å². The molecular formula is C8H8N4O. The lowest BCUT2D eigenvalue weighted by molar-refractivity contribution is 0.726. The summed E-state index contributed by atoms with van der Waals surface area (Å²) in [5.74, 6) is 0. The topological polar surface area (TPSA) is 52.7 Å². The van der Waals surface area contributed by atoms with Crippen LogP contribution in [-0.4, -0.2) is 19.3 Å². The van der Waals surface area contributed by atoms with Crippen LogP contribution in [0.1, 0.15) is 0 Å². The standard InChI is InChI=1S/C8H8N4O/c1-11-8(13)12(6-10-11)7-2-4-9-5-3-7/h2-6H,1H3. The molecule has 0 amide bonds. The van der Waals surface area contributed by atoms with Crippen molar-refractivity contribution in [2.45, 2.75) is 0 Å². The zero-order chi connectivity index (χ0) is 9.26. The molecule has 0 aromatic carbocycles. The number of hydrogen-bond acceptors (Lipinski definition) is 3. The van der Waals surface area contributed by atoms with Crippen molar-refractivity contribution in [2.75, 3.05) is 0 Å². The van der Waals surface area contributed by atoms with Crippen molar-refractivity contribution in [1.29, 1.82) is 0 Å². The van der Waals surface area contributed by atoms with Crippen LogP contribution in [-0.2, 0) is 7.05 Å². The van der Waals surface area contributed by atoms with Crippen LogP contribution in [0.5, 0.6) is 0 Å². The molecule has 0 unspecified atom stereocenters. The summed E-state index contributed by atoms with van der Waals surface area (Å²) >= 11 is 0. The van der Waals surface area contributed by atoms with Gasteiger partial charge in [0.05, 0.1) is 5.69 Å². The van der Waals surface area contributed by atoms with Crippen molar-refractivity contribution in [3.05, 3.63) is 41.3 Å². The second-order valence-electron chi connectivity index (χ2n) is 2.61. The van der Waals surface area contributed by atoms with E-state index in [-0.39, 0.29) is 5.69 Å². The predicted molar refractivity (Wildman–Crippen MR) is 46.6 cm³/mol. The number of aromatic nitrogens is 4. The molecule has 5 heteroatoms. The third kappa shape index (κ3) is 1.24. The van der Waals surface area contributed by atoms with Crippen LogP contribution in [0, 0.1) is 0 Å². The first-order valence-corrected chi connectivity index (χ1v) is 3.80. The van der Waals surface area contributed by atoms with E-state index >= 15 is 0 Å². The normalized spacial score (nSPS) is 10.2. The van der Waals surface area contributed by atoms with Crippen LogP contribution in [0.15, 0.2) is 35.6 Å². The van der Waals surface area contributed by atoms with Crippen LogP contribution in [0.4, 0.5) is 0 Å². The molecule has 0 spiro atoms. The summed E-state index contributed by atoms with van der Waals surface area (Å²) in [7, 11) is 1.61. The molecule has 2 aromatic heterocycles. The van der Waals surface area contributed by atoms with E-state index in [0.717, 1.165) is 5.69 Å². The Morgan fingerprint density at radius 2 is 2.00 bits per heavy atom. The fourth-order valence-corrected chi connectivity index (χ4v) is 1.07. The molecule has 0 atom stereocenters. The Balaban J connectivity index is 2.60. The molecule has 0 saturated heterocycles. The first kappa shape index (κ1) is 7.72. The van der Waals surface area contributed by atoms with Gasteiger partial charge in [0, 0.05) is 19.4 Å². The van der Waals surface area contributed by atoms with Gasteiger partial charge in [0.1, 0.15) is 6.33 Å². The summed E-state index contributed by atoms with van der Waals surface area (Å²) in [6.07, 6.45) is 4.75. The van der Waals surface area contributed by atoms with E-state index in [4.69, 9.17) is 0 Å². The number of pyridine rings is 1. The Bertz CT molecular complexity index is 456. The fraction of sp³-hybridized carbons (Fsp3) is 0.125. The van der Waals surface area contributed by atoms with Crippen molar-refractivity contribution < 1.29 is 0 Å². The van der Waals surface area contributed by atoms with E-state index < -0.39 is 0 Å². The van der Waals surface area contributed by atoms with Crippen LogP contribution in [0.25, 0.3) is 5.69 Å². The second kappa shape index (κ2) is 2.85. The van der Waals surface area contributed by atoms with Gasteiger partial charge in [-0.3, -0.25) is 4.98 Å². The molecule has 0 aliphatic heterocycles. The Morgan fingerprint density at radius 1 is 1.31 bits per heavy atom. The van der Waals surface area contributed by atoms with E-state index in [9.17, 15) is 4.79 Å². The predicted octanol–water partition coefficient (Wildman–Crippen LogP) is -0.0340. The molecule has 66 valence electrons. The van der Waals surface area contributed by atoms with Gasteiger partial charge >= 0.3 is 5.69 Å². The van der Waals surface area contributed by atoms with Gasteiger partial charge in [-0.05, 0) is 12.1 Å². The first-order chi connectivity index (χ1) is 6.29. The highest BCUT2D eigenvalue weighted by Gasteiger charge is 2.01. The van der Waals surface area contributed by atoms with Gasteiger partial charge in [-0.2, -0.15) is 5.10 Å². The van der Waals surface area contributed by atoms with E-state index in [1.54, 1.807) is 31.6 Å². The molecule has 2 aromatic rings. The maximum absolute atomic E-state index is 11.4. The number of rotatable bonds is 1. The number of aryl methyl sites for hydroxylation is 1. The molecule has 0 radical (unpaired) electrons. The van der Waals surface area contributed by atoms with Gasteiger partial charge in [0.25, 0.3) is 0 Å². The minimum atomic E-state index is -0.161. The lowest BCUT2D eigenvalue weighted by Crippen LogP contribution is -2.21. The van der Waals surface area contributed by atoms with E-state index in [1.807, 2.05) is 0 Å². The average Bonchev–Trinajstić information content (AvgIpc) is 2.49. The van der Waals surface area contributed by atoms with Crippen molar-refractivity contribution >= 4 is 0 Å². The Morgan fingerprint density at radius 3 is 2.54 bits per heavy atom. The monoisotopic (exact) mass is 176 g/mol. The second-order valence-corrected chi connectivity index (χ2v) is 2.61. The Kier molecular flexibility index (Phi) is 1.70. The minimum Gasteiger partial charge on any atom is -0.265 e. The zero-order valence-corrected chi connectivity index (χ0v) is 7.08. The largest absolute Gasteiger partial charge is 0.350 e. The van der Waals surface area contributed by atoms with Crippen LogP contribution in [0.3, 0.4) is 0 Å². The molecule has 13 heavy (non-hydrogen) atoms. The molecule has 2 rings (SSSR count). The molecule has 2 heterocycles. The smallest absolute Gasteiger partial charge is 0.265 e. The fourth-order valence-electron chi connectivity index (χ4n) is 1.07. The molecule has 0 saturated carbocycles. The van der Waals surface area contributed by atoms with E-state index in [1.165, 1.54) is 15.6 Å².